The molecule has 2 aromatic carbocycles. The van der Waals surface area contributed by atoms with E-state index in [1.165, 1.54) is 0 Å². The molecule has 0 radical (unpaired) electrons. The Hall–Kier alpha value is -2.33. The highest BCUT2D eigenvalue weighted by atomic mass is 16.2. The highest BCUT2D eigenvalue weighted by Crippen LogP contribution is 2.39. The van der Waals surface area contributed by atoms with Gasteiger partial charge in [-0.05, 0) is 31.3 Å². The van der Waals surface area contributed by atoms with Gasteiger partial charge in [0.2, 0.25) is 0 Å². The second-order valence-electron chi connectivity index (χ2n) is 5.13. The number of carbonyl (C=O) groups excluding carboxylic acids is 1. The molecular formula is C17H19N3O. The molecule has 2 aromatic rings. The highest BCUT2D eigenvalue weighted by molar-refractivity contribution is 6.13. The van der Waals surface area contributed by atoms with Gasteiger partial charge in [0.05, 0.1) is 22.6 Å². The van der Waals surface area contributed by atoms with Crippen molar-refractivity contribution in [3.05, 3.63) is 54.1 Å². The number of nitrogens with one attached hydrogen (secondary N) is 1. The summed E-state index contributed by atoms with van der Waals surface area (Å²) in [5, 5.41) is 3.11. The van der Waals surface area contributed by atoms with Crippen LogP contribution in [0.5, 0.6) is 0 Å². The predicted octanol–water partition coefficient (Wildman–Crippen LogP) is 2.63. The number of hydrogen-bond donors (Lipinski definition) is 1. The second kappa shape index (κ2) is 5.58. The number of amides is 1. The number of hydrogen-bond acceptors (Lipinski definition) is 3. The van der Waals surface area contributed by atoms with E-state index < -0.39 is 0 Å². The first kappa shape index (κ1) is 13.6. The first-order chi connectivity index (χ1) is 10.2. The Bertz CT molecular complexity index is 669. The van der Waals surface area contributed by atoms with Gasteiger partial charge in [0.15, 0.2) is 0 Å². The first-order valence-corrected chi connectivity index (χ1v) is 7.12. The van der Waals surface area contributed by atoms with Gasteiger partial charge >= 0.3 is 0 Å². The van der Waals surface area contributed by atoms with Gasteiger partial charge in [-0.15, -0.1) is 0 Å². The maximum atomic E-state index is 12.9. The van der Waals surface area contributed by atoms with Gasteiger partial charge in [0.25, 0.3) is 5.91 Å². The molecule has 0 saturated heterocycles. The van der Waals surface area contributed by atoms with Gasteiger partial charge < -0.3 is 15.1 Å². The number of nitrogens with zero attached hydrogens (tertiary/aromatic N) is 2. The lowest BCUT2D eigenvalue weighted by Gasteiger charge is -2.24. The Morgan fingerprint density at radius 2 is 1.57 bits per heavy atom. The van der Waals surface area contributed by atoms with Crippen LogP contribution in [0.15, 0.2) is 48.5 Å². The van der Waals surface area contributed by atoms with Crippen LogP contribution >= 0.6 is 0 Å². The molecule has 0 spiro atoms. The summed E-state index contributed by atoms with van der Waals surface area (Å²) in [6, 6.07) is 15.8. The molecule has 1 amide bonds. The van der Waals surface area contributed by atoms with Crippen LogP contribution in [0.3, 0.4) is 0 Å². The van der Waals surface area contributed by atoms with Crippen LogP contribution < -0.4 is 15.1 Å². The predicted molar refractivity (Wildman–Crippen MR) is 86.6 cm³/mol. The molecular weight excluding hydrogens is 262 g/mol. The van der Waals surface area contributed by atoms with Crippen LogP contribution in [0.4, 0.5) is 17.1 Å². The molecule has 1 N–H and O–H groups in total. The molecule has 0 atom stereocenters. The zero-order valence-electron chi connectivity index (χ0n) is 12.3. The van der Waals surface area contributed by atoms with Crippen LogP contribution in [0.1, 0.15) is 10.4 Å². The Morgan fingerprint density at radius 3 is 2.29 bits per heavy atom. The number of likely N-dealkylation sites (N-methyl/N-ethyl adjacent to an activating group) is 1. The fourth-order valence-corrected chi connectivity index (χ4v) is 2.75. The van der Waals surface area contributed by atoms with Crippen molar-refractivity contribution in [2.75, 3.05) is 37.0 Å². The summed E-state index contributed by atoms with van der Waals surface area (Å²) in [7, 11) is 3.90. The van der Waals surface area contributed by atoms with Gasteiger partial charge in [0.1, 0.15) is 0 Å². The van der Waals surface area contributed by atoms with E-state index in [0.717, 1.165) is 29.2 Å². The summed E-state index contributed by atoms with van der Waals surface area (Å²) in [4.78, 5) is 16.9. The second-order valence-corrected chi connectivity index (χ2v) is 5.13. The maximum Gasteiger partial charge on any atom is 0.260 e. The lowest BCUT2D eigenvalue weighted by molar-refractivity contribution is 0.0988. The molecule has 4 heteroatoms. The number of rotatable bonds is 3. The summed E-state index contributed by atoms with van der Waals surface area (Å²) in [6.45, 7) is 1.40. The van der Waals surface area contributed by atoms with Crippen molar-refractivity contribution in [3.63, 3.8) is 0 Å². The molecule has 0 fully saturated rings. The van der Waals surface area contributed by atoms with Crippen LogP contribution in [0, 0.1) is 0 Å². The third kappa shape index (κ3) is 2.28. The monoisotopic (exact) mass is 281 g/mol. The molecule has 4 nitrogen and oxygen atoms in total. The summed E-state index contributed by atoms with van der Waals surface area (Å²) in [5.41, 5.74) is 3.69. The smallest absolute Gasteiger partial charge is 0.260 e. The zero-order valence-corrected chi connectivity index (χ0v) is 12.3. The SMILES string of the molecule is CNCCN1C(=O)c2ccccc2N(C)c2ccccc21. The highest BCUT2D eigenvalue weighted by Gasteiger charge is 2.28. The van der Waals surface area contributed by atoms with Gasteiger partial charge in [0, 0.05) is 20.1 Å². The Labute approximate surface area is 125 Å². The van der Waals surface area contributed by atoms with E-state index in [-0.39, 0.29) is 5.91 Å². The van der Waals surface area contributed by atoms with Crippen molar-refractivity contribution < 1.29 is 4.79 Å². The quantitative estimate of drug-likeness (QED) is 0.939. The fraction of sp³-hybridized carbons (Fsp3) is 0.235. The Balaban J connectivity index is 2.18. The molecule has 0 aliphatic carbocycles. The van der Waals surface area contributed by atoms with E-state index in [0.29, 0.717) is 6.54 Å². The largest absolute Gasteiger partial charge is 0.342 e. The van der Waals surface area contributed by atoms with Crippen LogP contribution in [0.25, 0.3) is 0 Å². The fourth-order valence-electron chi connectivity index (χ4n) is 2.75. The van der Waals surface area contributed by atoms with E-state index in [1.54, 1.807) is 0 Å². The van der Waals surface area contributed by atoms with Crippen molar-refractivity contribution in [1.29, 1.82) is 0 Å². The molecule has 3 rings (SSSR count). The normalized spacial score (nSPS) is 13.7. The Morgan fingerprint density at radius 1 is 0.952 bits per heavy atom. The van der Waals surface area contributed by atoms with Gasteiger partial charge in [-0.2, -0.15) is 0 Å². The molecule has 0 bridgehead atoms. The molecule has 0 unspecified atom stereocenters. The number of carbonyl (C=O) groups is 1. The average Bonchev–Trinajstić information content (AvgIpc) is 2.62. The summed E-state index contributed by atoms with van der Waals surface area (Å²) < 4.78 is 0. The van der Waals surface area contributed by atoms with Crippen molar-refractivity contribution in [2.45, 2.75) is 0 Å². The Kier molecular flexibility index (Phi) is 3.62. The van der Waals surface area contributed by atoms with E-state index in [9.17, 15) is 4.79 Å². The van der Waals surface area contributed by atoms with Crippen molar-refractivity contribution >= 4 is 23.0 Å². The minimum absolute atomic E-state index is 0.0534. The van der Waals surface area contributed by atoms with Crippen molar-refractivity contribution in [2.24, 2.45) is 0 Å². The third-order valence-corrected chi connectivity index (χ3v) is 3.86. The molecule has 0 aromatic heterocycles. The van der Waals surface area contributed by atoms with Crippen LogP contribution in [-0.4, -0.2) is 33.1 Å². The zero-order chi connectivity index (χ0) is 14.8. The number of anilines is 3. The molecule has 1 aliphatic heterocycles. The van der Waals surface area contributed by atoms with Crippen LogP contribution in [0.2, 0.25) is 0 Å². The lowest BCUT2D eigenvalue weighted by Crippen LogP contribution is -2.35. The van der Waals surface area contributed by atoms with E-state index in [2.05, 4.69) is 16.3 Å². The first-order valence-electron chi connectivity index (χ1n) is 7.12. The topological polar surface area (TPSA) is 35.6 Å². The molecule has 1 aliphatic rings. The average molecular weight is 281 g/mol. The third-order valence-electron chi connectivity index (χ3n) is 3.86. The van der Waals surface area contributed by atoms with Crippen LogP contribution in [-0.2, 0) is 0 Å². The molecule has 21 heavy (non-hydrogen) atoms. The minimum atomic E-state index is 0.0534. The maximum absolute atomic E-state index is 12.9. The van der Waals surface area contributed by atoms with E-state index >= 15 is 0 Å². The van der Waals surface area contributed by atoms with E-state index in [1.807, 2.05) is 61.5 Å². The number of fused-ring (bicyclic) bond motifs is 2. The minimum Gasteiger partial charge on any atom is -0.342 e. The molecule has 1 heterocycles. The van der Waals surface area contributed by atoms with Gasteiger partial charge in [-0.25, -0.2) is 0 Å². The van der Waals surface area contributed by atoms with E-state index in [4.69, 9.17) is 0 Å². The van der Waals surface area contributed by atoms with Gasteiger partial charge in [-0.3, -0.25) is 4.79 Å². The summed E-state index contributed by atoms with van der Waals surface area (Å²) >= 11 is 0. The summed E-state index contributed by atoms with van der Waals surface area (Å²) in [6.07, 6.45) is 0. The lowest BCUT2D eigenvalue weighted by atomic mass is 10.1. The number of para-hydroxylation sites is 3. The van der Waals surface area contributed by atoms with Crippen molar-refractivity contribution in [3.8, 4) is 0 Å². The standard InChI is InChI=1S/C17H19N3O/c1-18-11-12-20-16-10-6-5-9-15(16)19(2)14-8-4-3-7-13(14)17(20)21/h3-10,18H,11-12H2,1-2H3. The van der Waals surface area contributed by atoms with Gasteiger partial charge in [-0.1, -0.05) is 24.3 Å². The number of benzene rings is 2. The molecule has 0 saturated carbocycles. The van der Waals surface area contributed by atoms with Crippen molar-refractivity contribution in [1.82, 2.24) is 5.32 Å². The summed E-state index contributed by atoms with van der Waals surface area (Å²) in [5.74, 6) is 0.0534. The molecule has 108 valence electrons.